The molecule has 0 aliphatic rings. The topological polar surface area (TPSA) is 46.5 Å². The molecule has 1 N–H and O–H groups in total. The van der Waals surface area contributed by atoms with E-state index in [2.05, 4.69) is 0 Å². The fourth-order valence-corrected chi connectivity index (χ4v) is 4.36. The molecule has 6 heteroatoms. The van der Waals surface area contributed by atoms with Gasteiger partial charge < -0.3 is 9.84 Å². The van der Waals surface area contributed by atoms with E-state index in [1.807, 2.05) is 0 Å². The number of benzene rings is 3. The summed E-state index contributed by atoms with van der Waals surface area (Å²) in [6.07, 6.45) is 0. The lowest BCUT2D eigenvalue weighted by Crippen LogP contribution is -2.33. The van der Waals surface area contributed by atoms with E-state index in [0.29, 0.717) is 31.8 Å². The smallest absolute Gasteiger partial charge is 0.126 e. The highest BCUT2D eigenvalue weighted by Crippen LogP contribution is 2.33. The molecular formula is C21H18Cl2O3S. The molecule has 0 aliphatic carbocycles. The molecule has 0 saturated heterocycles. The van der Waals surface area contributed by atoms with Crippen LogP contribution < -0.4 is 4.74 Å². The maximum Gasteiger partial charge on any atom is 0.126 e. The molecule has 3 rings (SSSR count). The summed E-state index contributed by atoms with van der Waals surface area (Å²) in [5.41, 5.74) is -0.243. The van der Waals surface area contributed by atoms with Crippen molar-refractivity contribution in [3.63, 3.8) is 0 Å². The minimum Gasteiger partial charge on any atom is -0.497 e. The van der Waals surface area contributed by atoms with Crippen LogP contribution in [-0.4, -0.2) is 22.2 Å². The number of rotatable bonds is 6. The molecule has 0 heterocycles. The highest BCUT2D eigenvalue weighted by molar-refractivity contribution is 7.85. The number of methoxy groups -OCH3 is 1. The van der Waals surface area contributed by atoms with E-state index in [1.165, 1.54) is 0 Å². The Morgan fingerprint density at radius 1 is 0.852 bits per heavy atom. The molecule has 0 amide bonds. The zero-order chi connectivity index (χ0) is 19.4. The summed E-state index contributed by atoms with van der Waals surface area (Å²) in [5.74, 6) is 0.671. The molecule has 3 aromatic rings. The van der Waals surface area contributed by atoms with Crippen LogP contribution in [0.4, 0.5) is 0 Å². The minimum atomic E-state index is -1.46. The van der Waals surface area contributed by atoms with Crippen molar-refractivity contribution in [2.45, 2.75) is 10.5 Å². The largest absolute Gasteiger partial charge is 0.497 e. The van der Waals surface area contributed by atoms with Crippen molar-refractivity contribution in [3.8, 4) is 5.75 Å². The van der Waals surface area contributed by atoms with Crippen LogP contribution in [0.25, 0.3) is 0 Å². The Hall–Kier alpha value is -1.85. The Morgan fingerprint density at radius 2 is 1.30 bits per heavy atom. The first-order valence-corrected chi connectivity index (χ1v) is 10.3. The van der Waals surface area contributed by atoms with Crippen LogP contribution in [0, 0.1) is 0 Å². The van der Waals surface area contributed by atoms with Crippen LogP contribution >= 0.6 is 23.2 Å². The molecular weight excluding hydrogens is 403 g/mol. The SMILES string of the molecule is COc1ccc([S@](=O)CC(O)(c2ccc(Cl)cc2)c2ccc(Cl)cc2)cc1. The van der Waals surface area contributed by atoms with Crippen LogP contribution in [-0.2, 0) is 16.4 Å². The van der Waals surface area contributed by atoms with Gasteiger partial charge in [-0.3, -0.25) is 4.21 Å². The number of ether oxygens (including phenoxy) is 1. The van der Waals surface area contributed by atoms with E-state index >= 15 is 0 Å². The van der Waals surface area contributed by atoms with Gasteiger partial charge in [-0.2, -0.15) is 0 Å². The van der Waals surface area contributed by atoms with Gasteiger partial charge in [0, 0.05) is 14.9 Å². The third kappa shape index (κ3) is 4.53. The average molecular weight is 421 g/mol. The van der Waals surface area contributed by atoms with E-state index in [1.54, 1.807) is 79.9 Å². The Balaban J connectivity index is 1.99. The number of aliphatic hydroxyl groups is 1. The van der Waals surface area contributed by atoms with Gasteiger partial charge in [-0.25, -0.2) is 0 Å². The predicted octanol–water partition coefficient (Wildman–Crippen LogP) is 5.05. The van der Waals surface area contributed by atoms with E-state index in [-0.39, 0.29) is 5.75 Å². The number of hydrogen-bond acceptors (Lipinski definition) is 3. The Bertz CT molecular complexity index is 878. The first-order valence-electron chi connectivity index (χ1n) is 8.19. The monoisotopic (exact) mass is 420 g/mol. The number of halogens is 2. The lowest BCUT2D eigenvalue weighted by molar-refractivity contribution is 0.106. The van der Waals surface area contributed by atoms with Crippen molar-refractivity contribution in [3.05, 3.63) is 94.0 Å². The van der Waals surface area contributed by atoms with Crippen molar-refractivity contribution >= 4 is 34.0 Å². The summed E-state index contributed by atoms with van der Waals surface area (Å²) in [6, 6.07) is 20.7. The van der Waals surface area contributed by atoms with Gasteiger partial charge in [0.1, 0.15) is 11.4 Å². The minimum absolute atomic E-state index is 0.0113. The molecule has 0 saturated carbocycles. The fraction of sp³-hybridized carbons (Fsp3) is 0.143. The molecule has 0 spiro atoms. The van der Waals surface area contributed by atoms with Crippen LogP contribution in [0.2, 0.25) is 10.0 Å². The molecule has 0 aliphatic heterocycles. The Labute approximate surface area is 171 Å². The lowest BCUT2D eigenvalue weighted by atomic mass is 9.88. The maximum absolute atomic E-state index is 13.0. The normalized spacial score (nSPS) is 12.6. The van der Waals surface area contributed by atoms with Crippen molar-refractivity contribution in [2.24, 2.45) is 0 Å². The lowest BCUT2D eigenvalue weighted by Gasteiger charge is -2.29. The van der Waals surface area contributed by atoms with Gasteiger partial charge >= 0.3 is 0 Å². The van der Waals surface area contributed by atoms with Gasteiger partial charge in [-0.05, 0) is 59.7 Å². The molecule has 1 atom stereocenters. The molecule has 0 aromatic heterocycles. The van der Waals surface area contributed by atoms with Crippen molar-refractivity contribution in [2.75, 3.05) is 12.9 Å². The first-order chi connectivity index (χ1) is 12.9. The van der Waals surface area contributed by atoms with Crippen molar-refractivity contribution in [1.29, 1.82) is 0 Å². The quantitative estimate of drug-likeness (QED) is 0.606. The molecule has 0 fully saturated rings. The molecule has 3 aromatic carbocycles. The summed E-state index contributed by atoms with van der Waals surface area (Å²) in [4.78, 5) is 0.608. The van der Waals surface area contributed by atoms with Gasteiger partial charge in [0.05, 0.1) is 23.7 Å². The molecule has 0 bridgehead atoms. The molecule has 27 heavy (non-hydrogen) atoms. The van der Waals surface area contributed by atoms with Gasteiger partial charge in [-0.1, -0.05) is 47.5 Å². The van der Waals surface area contributed by atoms with Crippen molar-refractivity contribution in [1.82, 2.24) is 0 Å². The predicted molar refractivity (Wildman–Crippen MR) is 110 cm³/mol. The van der Waals surface area contributed by atoms with E-state index < -0.39 is 16.4 Å². The van der Waals surface area contributed by atoms with Crippen LogP contribution in [0.5, 0.6) is 5.75 Å². The summed E-state index contributed by atoms with van der Waals surface area (Å²) >= 11 is 12.0. The zero-order valence-corrected chi connectivity index (χ0v) is 16.9. The second-order valence-corrected chi connectivity index (χ2v) is 8.36. The van der Waals surface area contributed by atoms with Crippen molar-refractivity contribution < 1.29 is 14.1 Å². The third-order valence-electron chi connectivity index (χ3n) is 4.31. The first kappa shape index (κ1) is 19.9. The Morgan fingerprint density at radius 3 is 1.70 bits per heavy atom. The summed E-state index contributed by atoms with van der Waals surface area (Å²) < 4.78 is 18.1. The Kier molecular flexibility index (Phi) is 6.22. The molecule has 140 valence electrons. The summed E-state index contributed by atoms with van der Waals surface area (Å²) in [7, 11) is 0.129. The van der Waals surface area contributed by atoms with Gasteiger partial charge in [-0.15, -0.1) is 0 Å². The highest BCUT2D eigenvalue weighted by atomic mass is 35.5. The fourth-order valence-electron chi connectivity index (χ4n) is 2.79. The molecule has 0 unspecified atom stereocenters. The molecule has 0 radical (unpaired) electrons. The van der Waals surface area contributed by atoms with Gasteiger partial charge in [0.2, 0.25) is 0 Å². The van der Waals surface area contributed by atoms with Crippen LogP contribution in [0.3, 0.4) is 0 Å². The number of hydrogen-bond donors (Lipinski definition) is 1. The molecule has 3 nitrogen and oxygen atoms in total. The van der Waals surface area contributed by atoms with Gasteiger partial charge in [0.25, 0.3) is 0 Å². The van der Waals surface area contributed by atoms with Crippen LogP contribution in [0.15, 0.2) is 77.7 Å². The van der Waals surface area contributed by atoms with E-state index in [9.17, 15) is 9.32 Å². The third-order valence-corrected chi connectivity index (χ3v) is 6.29. The zero-order valence-electron chi connectivity index (χ0n) is 14.6. The average Bonchev–Trinajstić information content (AvgIpc) is 2.69. The van der Waals surface area contributed by atoms with Gasteiger partial charge in [0.15, 0.2) is 0 Å². The van der Waals surface area contributed by atoms with E-state index in [4.69, 9.17) is 27.9 Å². The summed E-state index contributed by atoms with van der Waals surface area (Å²) in [5, 5.41) is 12.7. The standard InChI is InChI=1S/C21H18Cl2O3S/c1-26-19-10-12-20(13-11-19)27(25)14-21(24,15-2-6-17(22)7-3-15)16-4-8-18(23)9-5-16/h2-13,24H,14H2,1H3/t27-/m1/s1. The maximum atomic E-state index is 13.0. The highest BCUT2D eigenvalue weighted by Gasteiger charge is 2.34. The van der Waals surface area contributed by atoms with E-state index in [0.717, 1.165) is 0 Å². The second kappa shape index (κ2) is 8.44. The second-order valence-electron chi connectivity index (χ2n) is 6.04. The summed E-state index contributed by atoms with van der Waals surface area (Å²) in [6.45, 7) is 0. The van der Waals surface area contributed by atoms with Crippen LogP contribution in [0.1, 0.15) is 11.1 Å².